The Morgan fingerprint density at radius 1 is 1.83 bits per heavy atom. The van der Waals surface area contributed by atoms with Gasteiger partial charge in [-0.3, -0.25) is 4.79 Å². The largest absolute Gasteiger partial charge is 0.338 e. The summed E-state index contributed by atoms with van der Waals surface area (Å²) in [5, 5.41) is 0. The van der Waals surface area contributed by atoms with Crippen molar-refractivity contribution in [2.24, 2.45) is 0 Å². The van der Waals surface area contributed by atoms with Crippen LogP contribution in [0.5, 0.6) is 0 Å². The second-order valence-corrected chi connectivity index (χ2v) is 4.22. The van der Waals surface area contributed by atoms with E-state index in [1.165, 1.54) is 0 Å². The maximum Gasteiger partial charge on any atom is 0.236 e. The van der Waals surface area contributed by atoms with Crippen LogP contribution in [-0.4, -0.2) is 28.7 Å². The summed E-state index contributed by atoms with van der Waals surface area (Å²) < 4.78 is 0. The lowest BCUT2D eigenvalue weighted by atomic mass is 10.2. The van der Waals surface area contributed by atoms with E-state index in [0.717, 1.165) is 31.5 Å². The van der Waals surface area contributed by atoms with E-state index in [1.807, 2.05) is 4.90 Å². The standard InChI is InChI=1S/C9H14BrNO/c1-3-7(2)6-11-5-4-8(10)9(11)12/h8H,2-6H2,1H3. The maximum atomic E-state index is 11.4. The fraction of sp³-hybridized carbons (Fsp3) is 0.667. The maximum absolute atomic E-state index is 11.4. The van der Waals surface area contributed by atoms with Crippen molar-refractivity contribution in [1.82, 2.24) is 4.90 Å². The topological polar surface area (TPSA) is 20.3 Å². The zero-order chi connectivity index (χ0) is 9.14. The predicted molar refractivity (Wildman–Crippen MR) is 53.3 cm³/mol. The highest BCUT2D eigenvalue weighted by Crippen LogP contribution is 2.19. The molecule has 0 aromatic heterocycles. The molecule has 1 amide bonds. The summed E-state index contributed by atoms with van der Waals surface area (Å²) in [5.74, 6) is 0.213. The van der Waals surface area contributed by atoms with E-state index in [0.29, 0.717) is 0 Å². The molecule has 0 bridgehead atoms. The Kier molecular flexibility index (Phi) is 3.32. The number of rotatable bonds is 3. The Balaban J connectivity index is 2.44. The van der Waals surface area contributed by atoms with Crippen molar-refractivity contribution >= 4 is 21.8 Å². The van der Waals surface area contributed by atoms with Gasteiger partial charge in [-0.25, -0.2) is 0 Å². The molecule has 0 N–H and O–H groups in total. The third kappa shape index (κ3) is 2.09. The number of carbonyl (C=O) groups is 1. The van der Waals surface area contributed by atoms with Gasteiger partial charge in [0, 0.05) is 13.1 Å². The Labute approximate surface area is 81.8 Å². The summed E-state index contributed by atoms with van der Waals surface area (Å²) in [4.78, 5) is 13.3. The molecule has 1 atom stereocenters. The molecule has 12 heavy (non-hydrogen) atoms. The number of hydrogen-bond donors (Lipinski definition) is 0. The summed E-state index contributed by atoms with van der Waals surface area (Å²) in [7, 11) is 0. The smallest absolute Gasteiger partial charge is 0.236 e. The lowest BCUT2D eigenvalue weighted by Gasteiger charge is -2.16. The summed E-state index contributed by atoms with van der Waals surface area (Å²) >= 11 is 3.34. The molecule has 0 aliphatic carbocycles. The molecule has 1 saturated heterocycles. The van der Waals surface area contributed by atoms with Gasteiger partial charge in [-0.2, -0.15) is 0 Å². The van der Waals surface area contributed by atoms with Crippen LogP contribution in [0.4, 0.5) is 0 Å². The molecule has 0 saturated carbocycles. The van der Waals surface area contributed by atoms with Gasteiger partial charge in [-0.15, -0.1) is 0 Å². The highest BCUT2D eigenvalue weighted by molar-refractivity contribution is 9.10. The van der Waals surface area contributed by atoms with E-state index in [2.05, 4.69) is 29.4 Å². The van der Waals surface area contributed by atoms with E-state index in [-0.39, 0.29) is 10.7 Å². The molecule has 2 nitrogen and oxygen atoms in total. The van der Waals surface area contributed by atoms with Crippen LogP contribution in [-0.2, 0) is 4.79 Å². The van der Waals surface area contributed by atoms with Gasteiger partial charge >= 0.3 is 0 Å². The van der Waals surface area contributed by atoms with Crippen molar-refractivity contribution in [3.05, 3.63) is 12.2 Å². The van der Waals surface area contributed by atoms with Crippen LogP contribution in [0.3, 0.4) is 0 Å². The molecule has 1 aliphatic rings. The van der Waals surface area contributed by atoms with Gasteiger partial charge in [0.15, 0.2) is 0 Å². The molecule has 0 spiro atoms. The molecule has 1 aliphatic heterocycles. The van der Waals surface area contributed by atoms with Crippen molar-refractivity contribution in [3.63, 3.8) is 0 Å². The van der Waals surface area contributed by atoms with Gasteiger partial charge in [0.2, 0.25) is 5.91 Å². The average molecular weight is 232 g/mol. The zero-order valence-electron chi connectivity index (χ0n) is 7.35. The van der Waals surface area contributed by atoms with Gasteiger partial charge in [-0.05, 0) is 12.8 Å². The third-order valence-electron chi connectivity index (χ3n) is 2.15. The first-order chi connectivity index (χ1) is 5.65. The molecule has 68 valence electrons. The minimum Gasteiger partial charge on any atom is -0.338 e. The van der Waals surface area contributed by atoms with Gasteiger partial charge in [0.1, 0.15) is 0 Å². The van der Waals surface area contributed by atoms with Gasteiger partial charge in [-0.1, -0.05) is 35.0 Å². The van der Waals surface area contributed by atoms with Crippen LogP contribution < -0.4 is 0 Å². The number of amides is 1. The molecule has 3 heteroatoms. The van der Waals surface area contributed by atoms with Crippen LogP contribution >= 0.6 is 15.9 Å². The highest BCUT2D eigenvalue weighted by Gasteiger charge is 2.28. The zero-order valence-corrected chi connectivity index (χ0v) is 8.93. The van der Waals surface area contributed by atoms with Crippen LogP contribution in [0.2, 0.25) is 0 Å². The molecule has 0 aromatic rings. The Hall–Kier alpha value is -0.310. The molecule has 1 unspecified atom stereocenters. The van der Waals surface area contributed by atoms with Crippen molar-refractivity contribution in [2.45, 2.75) is 24.6 Å². The summed E-state index contributed by atoms with van der Waals surface area (Å²) in [6.07, 6.45) is 1.88. The van der Waals surface area contributed by atoms with E-state index in [4.69, 9.17) is 0 Å². The number of likely N-dealkylation sites (tertiary alicyclic amines) is 1. The van der Waals surface area contributed by atoms with E-state index in [1.54, 1.807) is 0 Å². The predicted octanol–water partition coefficient (Wildman–Crippen LogP) is 1.95. The lowest BCUT2D eigenvalue weighted by Crippen LogP contribution is -2.29. The van der Waals surface area contributed by atoms with Crippen LogP contribution in [0, 0.1) is 0 Å². The van der Waals surface area contributed by atoms with Crippen molar-refractivity contribution < 1.29 is 4.79 Å². The second kappa shape index (κ2) is 4.08. The SMILES string of the molecule is C=C(CC)CN1CCC(Br)C1=O. The Morgan fingerprint density at radius 3 is 2.92 bits per heavy atom. The molecular formula is C9H14BrNO. The van der Waals surface area contributed by atoms with Gasteiger partial charge in [0.05, 0.1) is 4.83 Å². The van der Waals surface area contributed by atoms with Crippen LogP contribution in [0.15, 0.2) is 12.2 Å². The molecule has 0 radical (unpaired) electrons. The summed E-state index contributed by atoms with van der Waals surface area (Å²) in [6, 6.07) is 0. The molecular weight excluding hydrogens is 218 g/mol. The number of halogens is 1. The monoisotopic (exact) mass is 231 g/mol. The van der Waals surface area contributed by atoms with Gasteiger partial charge < -0.3 is 4.90 Å². The van der Waals surface area contributed by atoms with E-state index >= 15 is 0 Å². The van der Waals surface area contributed by atoms with Crippen molar-refractivity contribution in [1.29, 1.82) is 0 Å². The summed E-state index contributed by atoms with van der Waals surface area (Å²) in [6.45, 7) is 7.55. The fourth-order valence-electron chi connectivity index (χ4n) is 1.24. The number of hydrogen-bond acceptors (Lipinski definition) is 1. The van der Waals surface area contributed by atoms with E-state index < -0.39 is 0 Å². The lowest BCUT2D eigenvalue weighted by molar-refractivity contribution is -0.126. The quantitative estimate of drug-likeness (QED) is 0.538. The van der Waals surface area contributed by atoms with Crippen LogP contribution in [0.1, 0.15) is 19.8 Å². The van der Waals surface area contributed by atoms with Crippen LogP contribution in [0.25, 0.3) is 0 Å². The number of carbonyl (C=O) groups excluding carboxylic acids is 1. The highest BCUT2D eigenvalue weighted by atomic mass is 79.9. The second-order valence-electron chi connectivity index (χ2n) is 3.12. The summed E-state index contributed by atoms with van der Waals surface area (Å²) in [5.41, 5.74) is 1.13. The van der Waals surface area contributed by atoms with Crippen molar-refractivity contribution in [2.75, 3.05) is 13.1 Å². The number of alkyl halides is 1. The fourth-order valence-corrected chi connectivity index (χ4v) is 1.73. The first-order valence-electron chi connectivity index (χ1n) is 4.24. The molecule has 1 fully saturated rings. The number of nitrogens with zero attached hydrogens (tertiary/aromatic N) is 1. The average Bonchev–Trinajstić information content (AvgIpc) is 2.36. The Morgan fingerprint density at radius 2 is 2.50 bits per heavy atom. The molecule has 1 heterocycles. The first-order valence-corrected chi connectivity index (χ1v) is 5.16. The minimum atomic E-state index is 0.0437. The first kappa shape index (κ1) is 9.78. The van der Waals surface area contributed by atoms with E-state index in [9.17, 15) is 4.79 Å². The minimum absolute atomic E-state index is 0.0437. The van der Waals surface area contributed by atoms with Gasteiger partial charge in [0.25, 0.3) is 0 Å². The third-order valence-corrected chi connectivity index (χ3v) is 3.00. The Bertz CT molecular complexity index is 203. The van der Waals surface area contributed by atoms with Crippen molar-refractivity contribution in [3.8, 4) is 0 Å². The normalized spacial score (nSPS) is 23.3. The molecule has 0 aromatic carbocycles. The molecule has 1 rings (SSSR count).